The van der Waals surface area contributed by atoms with Crippen LogP contribution in [0.25, 0.3) is 0 Å². The fraction of sp³-hybridized carbons (Fsp3) is 0.455. The molecule has 0 aliphatic carbocycles. The molecule has 0 radical (unpaired) electrons. The topological polar surface area (TPSA) is 21.3 Å². The van der Waals surface area contributed by atoms with Gasteiger partial charge in [-0.1, -0.05) is 34.1 Å². The van der Waals surface area contributed by atoms with Crippen LogP contribution in [0.2, 0.25) is 0 Å². The Balaban J connectivity index is 2.02. The standard InChI is InChI=1S/C11H14BrNO/c1-8(13-9-6-14-7-9)10-4-2-3-5-11(10)12/h2-5,8-9,13H,6-7H2,1H3/t8-/m0/s1. The number of halogens is 1. The van der Waals surface area contributed by atoms with Crippen molar-refractivity contribution in [1.29, 1.82) is 0 Å². The molecule has 3 heteroatoms. The summed E-state index contributed by atoms with van der Waals surface area (Å²) >= 11 is 3.56. The molecule has 14 heavy (non-hydrogen) atoms. The van der Waals surface area contributed by atoms with E-state index in [1.54, 1.807) is 0 Å². The first-order chi connectivity index (χ1) is 6.77. The van der Waals surface area contributed by atoms with Crippen LogP contribution in [-0.4, -0.2) is 19.3 Å². The van der Waals surface area contributed by atoms with Gasteiger partial charge in [-0.3, -0.25) is 0 Å². The lowest BCUT2D eigenvalue weighted by atomic mass is 10.1. The zero-order chi connectivity index (χ0) is 9.97. The molecular formula is C11H14BrNO. The van der Waals surface area contributed by atoms with Crippen molar-refractivity contribution in [3.63, 3.8) is 0 Å². The highest BCUT2D eigenvalue weighted by atomic mass is 79.9. The molecule has 0 saturated carbocycles. The van der Waals surface area contributed by atoms with Crippen LogP contribution in [0.5, 0.6) is 0 Å². The number of rotatable bonds is 3. The van der Waals surface area contributed by atoms with Crippen molar-refractivity contribution in [2.24, 2.45) is 0 Å². The Hall–Kier alpha value is -0.380. The van der Waals surface area contributed by atoms with Crippen LogP contribution in [-0.2, 0) is 4.74 Å². The second kappa shape index (κ2) is 4.43. The lowest BCUT2D eigenvalue weighted by Crippen LogP contribution is -2.46. The van der Waals surface area contributed by atoms with Gasteiger partial charge in [0.1, 0.15) is 0 Å². The van der Waals surface area contributed by atoms with Crippen LogP contribution in [0.3, 0.4) is 0 Å². The SMILES string of the molecule is C[C@H](NC1COC1)c1ccccc1Br. The molecule has 1 heterocycles. The minimum absolute atomic E-state index is 0.375. The zero-order valence-electron chi connectivity index (χ0n) is 8.16. The van der Waals surface area contributed by atoms with Gasteiger partial charge in [-0.25, -0.2) is 0 Å². The van der Waals surface area contributed by atoms with E-state index in [1.807, 2.05) is 6.07 Å². The fourth-order valence-corrected chi connectivity index (χ4v) is 2.23. The van der Waals surface area contributed by atoms with Gasteiger partial charge in [0.15, 0.2) is 0 Å². The van der Waals surface area contributed by atoms with Crippen molar-refractivity contribution in [2.45, 2.75) is 19.0 Å². The first-order valence-corrected chi connectivity index (χ1v) is 5.65. The summed E-state index contributed by atoms with van der Waals surface area (Å²) < 4.78 is 6.29. The van der Waals surface area contributed by atoms with Gasteiger partial charge in [-0.05, 0) is 18.6 Å². The predicted octanol–water partition coefficient (Wildman–Crippen LogP) is 2.50. The molecule has 0 unspecified atom stereocenters. The molecule has 76 valence electrons. The summed E-state index contributed by atoms with van der Waals surface area (Å²) in [5.41, 5.74) is 1.31. The van der Waals surface area contributed by atoms with Crippen LogP contribution in [0.1, 0.15) is 18.5 Å². The Morgan fingerprint density at radius 2 is 2.14 bits per heavy atom. The summed E-state index contributed by atoms with van der Waals surface area (Å²) in [5, 5.41) is 3.52. The Bertz CT molecular complexity index is 312. The van der Waals surface area contributed by atoms with Gasteiger partial charge in [0.2, 0.25) is 0 Å². The highest BCUT2D eigenvalue weighted by molar-refractivity contribution is 9.10. The molecule has 0 bridgehead atoms. The van der Waals surface area contributed by atoms with Crippen molar-refractivity contribution in [3.05, 3.63) is 34.3 Å². The van der Waals surface area contributed by atoms with Gasteiger partial charge in [-0.15, -0.1) is 0 Å². The van der Waals surface area contributed by atoms with Gasteiger partial charge in [0.05, 0.1) is 19.3 Å². The summed E-state index contributed by atoms with van der Waals surface area (Å²) in [4.78, 5) is 0. The third-order valence-corrected chi connectivity index (χ3v) is 3.22. The first kappa shape index (κ1) is 10.1. The summed E-state index contributed by atoms with van der Waals surface area (Å²) in [5.74, 6) is 0. The first-order valence-electron chi connectivity index (χ1n) is 4.85. The maximum absolute atomic E-state index is 5.13. The van der Waals surface area contributed by atoms with E-state index in [-0.39, 0.29) is 0 Å². The molecule has 1 saturated heterocycles. The second-order valence-electron chi connectivity index (χ2n) is 3.64. The van der Waals surface area contributed by atoms with Crippen molar-refractivity contribution >= 4 is 15.9 Å². The van der Waals surface area contributed by atoms with Crippen molar-refractivity contribution in [2.75, 3.05) is 13.2 Å². The average Bonchev–Trinajstić information content (AvgIpc) is 2.12. The molecule has 0 amide bonds. The Labute approximate surface area is 92.8 Å². The smallest absolute Gasteiger partial charge is 0.0643 e. The molecule has 1 atom stereocenters. The quantitative estimate of drug-likeness (QED) is 0.897. The fourth-order valence-electron chi connectivity index (χ4n) is 1.60. The van der Waals surface area contributed by atoms with Crippen LogP contribution in [0.4, 0.5) is 0 Å². The molecule has 1 fully saturated rings. The monoisotopic (exact) mass is 255 g/mol. The van der Waals surface area contributed by atoms with Crippen LogP contribution < -0.4 is 5.32 Å². The minimum Gasteiger partial charge on any atom is -0.378 e. The number of ether oxygens (including phenoxy) is 1. The molecule has 0 aromatic heterocycles. The molecule has 2 rings (SSSR count). The van der Waals surface area contributed by atoms with E-state index < -0.39 is 0 Å². The molecule has 1 aromatic carbocycles. The minimum atomic E-state index is 0.375. The molecule has 1 N–H and O–H groups in total. The molecular weight excluding hydrogens is 242 g/mol. The average molecular weight is 256 g/mol. The summed E-state index contributed by atoms with van der Waals surface area (Å²) in [6, 6.07) is 9.21. The van der Waals surface area contributed by atoms with Crippen molar-refractivity contribution < 1.29 is 4.74 Å². The highest BCUT2D eigenvalue weighted by Gasteiger charge is 2.21. The maximum Gasteiger partial charge on any atom is 0.0643 e. The Morgan fingerprint density at radius 3 is 2.71 bits per heavy atom. The van der Waals surface area contributed by atoms with Crippen LogP contribution >= 0.6 is 15.9 Å². The van der Waals surface area contributed by atoms with E-state index >= 15 is 0 Å². The van der Waals surface area contributed by atoms with E-state index in [2.05, 4.69) is 46.4 Å². The number of nitrogens with one attached hydrogen (secondary N) is 1. The third kappa shape index (κ3) is 2.16. The van der Waals surface area contributed by atoms with Gasteiger partial charge in [0, 0.05) is 10.5 Å². The van der Waals surface area contributed by atoms with Crippen molar-refractivity contribution in [3.8, 4) is 0 Å². The number of hydrogen-bond acceptors (Lipinski definition) is 2. The second-order valence-corrected chi connectivity index (χ2v) is 4.50. The van der Waals surface area contributed by atoms with Crippen molar-refractivity contribution in [1.82, 2.24) is 5.32 Å². The maximum atomic E-state index is 5.13. The van der Waals surface area contributed by atoms with Crippen LogP contribution in [0.15, 0.2) is 28.7 Å². The van der Waals surface area contributed by atoms with Gasteiger partial charge in [0.25, 0.3) is 0 Å². The van der Waals surface area contributed by atoms with E-state index in [9.17, 15) is 0 Å². The van der Waals surface area contributed by atoms with E-state index in [0.717, 1.165) is 13.2 Å². The number of benzene rings is 1. The summed E-state index contributed by atoms with van der Waals surface area (Å²) in [6.07, 6.45) is 0. The normalized spacial score (nSPS) is 19.0. The summed E-state index contributed by atoms with van der Waals surface area (Å²) in [6.45, 7) is 3.86. The van der Waals surface area contributed by atoms with Gasteiger partial charge >= 0.3 is 0 Å². The molecule has 0 spiro atoms. The van der Waals surface area contributed by atoms with Crippen LogP contribution in [0, 0.1) is 0 Å². The Kier molecular flexibility index (Phi) is 3.21. The lowest BCUT2D eigenvalue weighted by molar-refractivity contribution is -0.00928. The third-order valence-electron chi connectivity index (χ3n) is 2.50. The molecule has 1 aromatic rings. The predicted molar refractivity (Wildman–Crippen MR) is 60.3 cm³/mol. The van der Waals surface area contributed by atoms with Gasteiger partial charge in [-0.2, -0.15) is 0 Å². The summed E-state index contributed by atoms with van der Waals surface area (Å²) in [7, 11) is 0. The largest absolute Gasteiger partial charge is 0.378 e. The molecule has 2 nitrogen and oxygen atoms in total. The highest BCUT2D eigenvalue weighted by Crippen LogP contribution is 2.23. The molecule has 1 aliphatic rings. The van der Waals surface area contributed by atoms with E-state index in [4.69, 9.17) is 4.74 Å². The van der Waals surface area contributed by atoms with Gasteiger partial charge < -0.3 is 10.1 Å². The molecule has 1 aliphatic heterocycles. The van der Waals surface area contributed by atoms with E-state index in [0.29, 0.717) is 12.1 Å². The zero-order valence-corrected chi connectivity index (χ0v) is 9.75. The lowest BCUT2D eigenvalue weighted by Gasteiger charge is -2.30. The number of hydrogen-bond donors (Lipinski definition) is 1. The van der Waals surface area contributed by atoms with E-state index in [1.165, 1.54) is 10.0 Å². The Morgan fingerprint density at radius 1 is 1.43 bits per heavy atom.